The molecule has 0 amide bonds. The van der Waals surface area contributed by atoms with Gasteiger partial charge in [0.25, 0.3) is 5.56 Å². The minimum Gasteiger partial charge on any atom is -0.393 e. The van der Waals surface area contributed by atoms with Crippen LogP contribution in [0.2, 0.25) is 0 Å². The van der Waals surface area contributed by atoms with Crippen molar-refractivity contribution in [2.24, 2.45) is 12.5 Å². The van der Waals surface area contributed by atoms with Crippen LogP contribution in [0.4, 0.5) is 0 Å². The van der Waals surface area contributed by atoms with Gasteiger partial charge < -0.3 is 9.67 Å². The summed E-state index contributed by atoms with van der Waals surface area (Å²) in [6.45, 7) is 2.63. The van der Waals surface area contributed by atoms with Crippen molar-refractivity contribution in [3.05, 3.63) is 46.2 Å². The van der Waals surface area contributed by atoms with Gasteiger partial charge in [0, 0.05) is 31.1 Å². The number of aromatic nitrogens is 1. The third-order valence-electron chi connectivity index (χ3n) is 6.15. The maximum absolute atomic E-state index is 12.7. The molecule has 1 saturated carbocycles. The normalized spacial score (nSPS) is 28.0. The van der Waals surface area contributed by atoms with Crippen LogP contribution in [0.25, 0.3) is 10.9 Å². The van der Waals surface area contributed by atoms with Crippen molar-refractivity contribution in [1.29, 1.82) is 0 Å². The molecule has 1 saturated heterocycles. The van der Waals surface area contributed by atoms with Crippen molar-refractivity contribution in [1.82, 2.24) is 9.47 Å². The van der Waals surface area contributed by atoms with Crippen molar-refractivity contribution >= 4 is 10.9 Å². The fraction of sp³-hybridized carbons (Fsp3) is 0.550. The van der Waals surface area contributed by atoms with Gasteiger partial charge in [-0.1, -0.05) is 24.6 Å². The first kappa shape index (κ1) is 15.9. The van der Waals surface area contributed by atoms with Crippen molar-refractivity contribution in [2.45, 2.75) is 44.8 Å². The Morgan fingerprint density at radius 1 is 1.25 bits per heavy atom. The SMILES string of the molecule is Cn1c(=O)c(CN2CCC[C@@]3(CCC[C@H]3O)C2)cc2ccccc21. The quantitative estimate of drug-likeness (QED) is 0.923. The molecule has 4 nitrogen and oxygen atoms in total. The van der Waals surface area contributed by atoms with Crippen LogP contribution in [0.1, 0.15) is 37.7 Å². The van der Waals surface area contributed by atoms with Crippen LogP contribution in [0.3, 0.4) is 0 Å². The minimum atomic E-state index is -0.167. The highest BCUT2D eigenvalue weighted by atomic mass is 16.3. The number of rotatable bonds is 2. The fourth-order valence-corrected chi connectivity index (χ4v) is 4.83. The van der Waals surface area contributed by atoms with E-state index in [1.54, 1.807) is 4.57 Å². The highest BCUT2D eigenvalue weighted by Crippen LogP contribution is 2.45. The zero-order valence-corrected chi connectivity index (χ0v) is 14.4. The highest BCUT2D eigenvalue weighted by Gasteiger charge is 2.44. The number of hydrogen-bond donors (Lipinski definition) is 1. The number of piperidine rings is 1. The molecular weight excluding hydrogens is 300 g/mol. The Bertz CT molecular complexity index is 813. The molecule has 2 aliphatic rings. The molecule has 24 heavy (non-hydrogen) atoms. The van der Waals surface area contributed by atoms with E-state index in [-0.39, 0.29) is 17.1 Å². The Kier molecular flexibility index (Phi) is 3.97. The third-order valence-corrected chi connectivity index (χ3v) is 6.15. The molecule has 2 fully saturated rings. The molecule has 0 radical (unpaired) electrons. The molecule has 1 aromatic carbocycles. The molecule has 4 rings (SSSR count). The van der Waals surface area contributed by atoms with E-state index in [4.69, 9.17) is 0 Å². The summed E-state index contributed by atoms with van der Waals surface area (Å²) in [5, 5.41) is 11.5. The van der Waals surface area contributed by atoms with Crippen molar-refractivity contribution < 1.29 is 5.11 Å². The third kappa shape index (κ3) is 2.58. The second kappa shape index (κ2) is 6.01. The summed E-state index contributed by atoms with van der Waals surface area (Å²) in [7, 11) is 1.85. The van der Waals surface area contributed by atoms with Gasteiger partial charge in [-0.25, -0.2) is 0 Å². The van der Waals surface area contributed by atoms with E-state index in [1.807, 2.05) is 31.3 Å². The van der Waals surface area contributed by atoms with E-state index in [2.05, 4.69) is 11.0 Å². The van der Waals surface area contributed by atoms with Crippen LogP contribution in [0, 0.1) is 5.41 Å². The molecule has 0 bridgehead atoms. The van der Waals surface area contributed by atoms with E-state index in [0.29, 0.717) is 6.54 Å². The highest BCUT2D eigenvalue weighted by molar-refractivity contribution is 5.79. The molecule has 2 atom stereocenters. The number of fused-ring (bicyclic) bond motifs is 1. The van der Waals surface area contributed by atoms with Gasteiger partial charge in [0.2, 0.25) is 0 Å². The van der Waals surface area contributed by atoms with E-state index in [9.17, 15) is 9.90 Å². The minimum absolute atomic E-state index is 0.0698. The average Bonchev–Trinajstić information content (AvgIpc) is 2.92. The summed E-state index contributed by atoms with van der Waals surface area (Å²) < 4.78 is 1.76. The summed E-state index contributed by atoms with van der Waals surface area (Å²) in [4.78, 5) is 15.1. The predicted molar refractivity (Wildman–Crippen MR) is 96.0 cm³/mol. The number of aliphatic hydroxyl groups excluding tert-OH is 1. The lowest BCUT2D eigenvalue weighted by Gasteiger charge is -2.42. The maximum atomic E-state index is 12.7. The second-order valence-electron chi connectivity index (χ2n) is 7.68. The average molecular weight is 326 g/mol. The zero-order valence-electron chi connectivity index (χ0n) is 14.4. The smallest absolute Gasteiger partial charge is 0.255 e. The zero-order chi connectivity index (χ0) is 16.7. The van der Waals surface area contributed by atoms with Crippen LogP contribution in [0.5, 0.6) is 0 Å². The molecule has 1 spiro atoms. The number of hydrogen-bond acceptors (Lipinski definition) is 3. The first-order valence-corrected chi connectivity index (χ1v) is 9.07. The van der Waals surface area contributed by atoms with Crippen LogP contribution >= 0.6 is 0 Å². The van der Waals surface area contributed by atoms with Crippen molar-refractivity contribution in [3.8, 4) is 0 Å². The lowest BCUT2D eigenvalue weighted by molar-refractivity contribution is -0.0121. The lowest BCUT2D eigenvalue weighted by Crippen LogP contribution is -2.47. The number of aryl methyl sites for hydroxylation is 1. The lowest BCUT2D eigenvalue weighted by atomic mass is 9.76. The molecule has 0 unspecified atom stereocenters. The van der Waals surface area contributed by atoms with E-state index in [0.717, 1.165) is 61.7 Å². The van der Waals surface area contributed by atoms with Gasteiger partial charge in [0.05, 0.1) is 11.6 Å². The number of nitrogens with zero attached hydrogens (tertiary/aromatic N) is 2. The van der Waals surface area contributed by atoms with Gasteiger partial charge in [-0.15, -0.1) is 0 Å². The number of pyridine rings is 1. The predicted octanol–water partition coefficient (Wildman–Crippen LogP) is 2.67. The molecule has 1 N–H and O–H groups in total. The molecule has 2 heterocycles. The maximum Gasteiger partial charge on any atom is 0.255 e. The van der Waals surface area contributed by atoms with Crippen LogP contribution < -0.4 is 5.56 Å². The Labute approximate surface area is 142 Å². The van der Waals surface area contributed by atoms with Gasteiger partial charge in [-0.3, -0.25) is 9.69 Å². The summed E-state index contributed by atoms with van der Waals surface area (Å²) >= 11 is 0. The van der Waals surface area contributed by atoms with Crippen LogP contribution in [0.15, 0.2) is 35.1 Å². The van der Waals surface area contributed by atoms with Crippen LogP contribution in [-0.4, -0.2) is 33.8 Å². The Morgan fingerprint density at radius 2 is 2.04 bits per heavy atom. The topological polar surface area (TPSA) is 45.5 Å². The first-order valence-electron chi connectivity index (χ1n) is 9.07. The van der Waals surface area contributed by atoms with Crippen molar-refractivity contribution in [2.75, 3.05) is 13.1 Å². The van der Waals surface area contributed by atoms with E-state index in [1.165, 1.54) is 0 Å². The Hall–Kier alpha value is -1.65. The molecule has 2 aromatic rings. The van der Waals surface area contributed by atoms with Gasteiger partial charge >= 0.3 is 0 Å². The van der Waals surface area contributed by atoms with Crippen LogP contribution in [-0.2, 0) is 13.6 Å². The van der Waals surface area contributed by atoms with E-state index >= 15 is 0 Å². The summed E-state index contributed by atoms with van der Waals surface area (Å²) in [5.41, 5.74) is 2.01. The molecule has 4 heteroatoms. The Balaban J connectivity index is 1.62. The monoisotopic (exact) mass is 326 g/mol. The summed E-state index contributed by atoms with van der Waals surface area (Å²) in [6, 6.07) is 10.1. The largest absolute Gasteiger partial charge is 0.393 e. The van der Waals surface area contributed by atoms with Gasteiger partial charge in [0.1, 0.15) is 0 Å². The molecule has 1 aliphatic carbocycles. The van der Waals surface area contributed by atoms with E-state index < -0.39 is 0 Å². The number of para-hydroxylation sites is 1. The number of aliphatic hydroxyl groups is 1. The Morgan fingerprint density at radius 3 is 2.83 bits per heavy atom. The number of benzene rings is 1. The summed E-state index contributed by atoms with van der Waals surface area (Å²) in [6.07, 6.45) is 5.27. The fourth-order valence-electron chi connectivity index (χ4n) is 4.83. The first-order chi connectivity index (χ1) is 11.6. The second-order valence-corrected chi connectivity index (χ2v) is 7.68. The summed E-state index contributed by atoms with van der Waals surface area (Å²) in [5.74, 6) is 0. The molecule has 1 aromatic heterocycles. The van der Waals surface area contributed by atoms with Gasteiger partial charge in [0.15, 0.2) is 0 Å². The van der Waals surface area contributed by atoms with Gasteiger partial charge in [-0.05, 0) is 49.7 Å². The molecular formula is C20H26N2O2. The molecule has 128 valence electrons. The standard InChI is InChI=1S/C20H26N2O2/c1-21-17-7-3-2-6-15(17)12-16(19(21)24)13-22-11-5-10-20(14-22)9-4-8-18(20)23/h2-3,6-7,12,18,23H,4-5,8-11,13-14H2,1H3/t18-,20+/m1/s1. The van der Waals surface area contributed by atoms with Gasteiger partial charge in [-0.2, -0.15) is 0 Å². The van der Waals surface area contributed by atoms with Crippen molar-refractivity contribution in [3.63, 3.8) is 0 Å². The number of likely N-dealkylation sites (tertiary alicyclic amines) is 1. The molecule has 1 aliphatic heterocycles.